The number of nitrogens with one attached hydrogen (secondary N) is 1. The van der Waals surface area contributed by atoms with Gasteiger partial charge in [0.2, 0.25) is 11.9 Å². The number of rotatable bonds is 8. The molecule has 0 radical (unpaired) electrons. The molecule has 3 heterocycles. The number of hydrogen-bond acceptors (Lipinski definition) is 7. The number of pyridine rings is 1. The number of anilines is 1. The van der Waals surface area contributed by atoms with Crippen LogP contribution in [0.5, 0.6) is 0 Å². The maximum Gasteiger partial charge on any atom is 0.252 e. The van der Waals surface area contributed by atoms with Gasteiger partial charge >= 0.3 is 0 Å². The van der Waals surface area contributed by atoms with Gasteiger partial charge in [-0.1, -0.05) is 13.2 Å². The standard InChI is InChI=1S/C24H31N7O2/c1-5-19(16-28(3)4)26-23-25-15-18-7-8-21(33)30(22(18)27-23)13-11-29-12-14-31(20(32)6-2)24(17-29)9-10-24/h5-8,15-16H,1-2,9-14,17H2,3-4H3,(H,25,26,27)/b19-16+. The third-order valence-corrected chi connectivity index (χ3v) is 6.23. The molecular weight excluding hydrogens is 418 g/mol. The molecule has 2 aromatic heterocycles. The smallest absolute Gasteiger partial charge is 0.252 e. The molecule has 1 amide bonds. The van der Waals surface area contributed by atoms with E-state index >= 15 is 0 Å². The Labute approximate surface area is 193 Å². The Bertz CT molecular complexity index is 1160. The van der Waals surface area contributed by atoms with E-state index in [9.17, 15) is 9.59 Å². The molecular formula is C24H31N7O2. The van der Waals surface area contributed by atoms with Crippen molar-refractivity contribution in [3.8, 4) is 0 Å². The summed E-state index contributed by atoms with van der Waals surface area (Å²) in [4.78, 5) is 40.1. The van der Waals surface area contributed by atoms with Gasteiger partial charge in [-0.05, 0) is 31.1 Å². The highest BCUT2D eigenvalue weighted by atomic mass is 16.2. The van der Waals surface area contributed by atoms with Gasteiger partial charge in [-0.15, -0.1) is 0 Å². The lowest BCUT2D eigenvalue weighted by molar-refractivity contribution is -0.132. The molecule has 2 fully saturated rings. The highest BCUT2D eigenvalue weighted by Crippen LogP contribution is 2.44. The fourth-order valence-electron chi connectivity index (χ4n) is 4.41. The highest BCUT2D eigenvalue weighted by Gasteiger charge is 2.52. The first-order valence-electron chi connectivity index (χ1n) is 11.2. The Kier molecular flexibility index (Phi) is 6.33. The van der Waals surface area contributed by atoms with Crippen LogP contribution in [0.25, 0.3) is 11.0 Å². The average molecular weight is 450 g/mol. The van der Waals surface area contributed by atoms with Crippen LogP contribution in [0.3, 0.4) is 0 Å². The van der Waals surface area contributed by atoms with Gasteiger partial charge in [-0.2, -0.15) is 4.98 Å². The number of nitrogens with zero attached hydrogens (tertiary/aromatic N) is 6. The lowest BCUT2D eigenvalue weighted by Crippen LogP contribution is -2.57. The predicted molar refractivity (Wildman–Crippen MR) is 130 cm³/mol. The highest BCUT2D eigenvalue weighted by molar-refractivity contribution is 5.88. The monoisotopic (exact) mass is 449 g/mol. The molecule has 9 nitrogen and oxygen atoms in total. The quantitative estimate of drug-likeness (QED) is 0.484. The van der Waals surface area contributed by atoms with Crippen molar-refractivity contribution in [3.05, 3.63) is 65.9 Å². The molecule has 174 valence electrons. The number of amides is 1. The predicted octanol–water partition coefficient (Wildman–Crippen LogP) is 1.66. The van der Waals surface area contributed by atoms with Crippen LogP contribution < -0.4 is 10.9 Å². The van der Waals surface area contributed by atoms with E-state index in [1.807, 2.05) is 30.1 Å². The minimum atomic E-state index is -0.0958. The molecule has 0 bridgehead atoms. The van der Waals surface area contributed by atoms with Crippen molar-refractivity contribution in [1.82, 2.24) is 29.2 Å². The van der Waals surface area contributed by atoms with Crippen molar-refractivity contribution in [3.63, 3.8) is 0 Å². The maximum absolute atomic E-state index is 12.7. The minimum Gasteiger partial charge on any atom is -0.382 e. The molecule has 4 rings (SSSR count). The van der Waals surface area contributed by atoms with E-state index < -0.39 is 0 Å². The molecule has 1 spiro atoms. The number of carbonyl (C=O) groups is 1. The number of carbonyl (C=O) groups excluding carboxylic acids is 1. The van der Waals surface area contributed by atoms with Crippen LogP contribution in [0.1, 0.15) is 12.8 Å². The van der Waals surface area contributed by atoms with Gasteiger partial charge < -0.3 is 15.1 Å². The first-order chi connectivity index (χ1) is 15.8. The molecule has 0 unspecified atom stereocenters. The summed E-state index contributed by atoms with van der Waals surface area (Å²) in [5.41, 5.74) is 1.19. The van der Waals surface area contributed by atoms with Gasteiger partial charge in [-0.25, -0.2) is 4.98 Å². The molecule has 2 aliphatic rings. The van der Waals surface area contributed by atoms with E-state index in [1.165, 1.54) is 6.08 Å². The zero-order valence-corrected chi connectivity index (χ0v) is 19.3. The molecule has 0 aromatic carbocycles. The van der Waals surface area contributed by atoms with E-state index in [1.54, 1.807) is 29.0 Å². The largest absolute Gasteiger partial charge is 0.382 e. The third-order valence-electron chi connectivity index (χ3n) is 6.23. The maximum atomic E-state index is 12.7. The number of piperazine rings is 1. The fraction of sp³-hybridized carbons (Fsp3) is 0.417. The van der Waals surface area contributed by atoms with Crippen molar-refractivity contribution in [2.24, 2.45) is 0 Å². The Morgan fingerprint density at radius 1 is 1.21 bits per heavy atom. The van der Waals surface area contributed by atoms with E-state index in [0.717, 1.165) is 37.0 Å². The number of fused-ring (bicyclic) bond motifs is 1. The lowest BCUT2D eigenvalue weighted by Gasteiger charge is -2.41. The van der Waals surface area contributed by atoms with Gasteiger partial charge in [0.05, 0.1) is 11.2 Å². The van der Waals surface area contributed by atoms with E-state index in [2.05, 4.69) is 33.3 Å². The zero-order valence-electron chi connectivity index (χ0n) is 19.3. The van der Waals surface area contributed by atoms with Gasteiger partial charge in [-0.3, -0.25) is 19.1 Å². The summed E-state index contributed by atoms with van der Waals surface area (Å²) in [6.07, 6.45) is 8.73. The number of aromatic nitrogens is 3. The van der Waals surface area contributed by atoms with Gasteiger partial charge in [0.15, 0.2) is 0 Å². The van der Waals surface area contributed by atoms with Crippen molar-refractivity contribution in [2.45, 2.75) is 24.9 Å². The zero-order chi connectivity index (χ0) is 23.6. The van der Waals surface area contributed by atoms with E-state index in [4.69, 9.17) is 0 Å². The fourth-order valence-corrected chi connectivity index (χ4v) is 4.41. The van der Waals surface area contributed by atoms with E-state index in [-0.39, 0.29) is 17.0 Å². The molecule has 1 aliphatic heterocycles. The van der Waals surface area contributed by atoms with Crippen molar-refractivity contribution in [2.75, 3.05) is 45.6 Å². The third kappa shape index (κ3) is 4.83. The second kappa shape index (κ2) is 9.19. The van der Waals surface area contributed by atoms with Crippen LogP contribution in [0.4, 0.5) is 5.95 Å². The second-order valence-corrected chi connectivity index (χ2v) is 8.87. The Hall–Kier alpha value is -3.46. The van der Waals surface area contributed by atoms with Crippen LogP contribution in [-0.4, -0.2) is 81.0 Å². The molecule has 1 N–H and O–H groups in total. The first kappa shape index (κ1) is 22.7. The van der Waals surface area contributed by atoms with Crippen LogP contribution in [0.15, 0.2) is 60.3 Å². The molecule has 0 atom stereocenters. The summed E-state index contributed by atoms with van der Waals surface area (Å²) >= 11 is 0. The number of allylic oxidation sites excluding steroid dienone is 1. The van der Waals surface area contributed by atoms with Gasteiger partial charge in [0.1, 0.15) is 5.65 Å². The average Bonchev–Trinajstić information content (AvgIpc) is 3.56. The Morgan fingerprint density at radius 3 is 2.67 bits per heavy atom. The molecule has 1 aliphatic carbocycles. The van der Waals surface area contributed by atoms with Crippen LogP contribution in [0.2, 0.25) is 0 Å². The SMILES string of the molecule is C=CC(=O)N1CCN(CCn2c(=O)ccc3cnc(N/C(C=C)=C/N(C)C)nc32)CC12CC2. The van der Waals surface area contributed by atoms with E-state index in [0.29, 0.717) is 31.2 Å². The normalized spacial score (nSPS) is 17.8. The summed E-state index contributed by atoms with van der Waals surface area (Å²) in [5, 5.41) is 3.95. The number of hydrogen-bond donors (Lipinski definition) is 1. The lowest BCUT2D eigenvalue weighted by atomic mass is 10.1. The molecule has 1 saturated carbocycles. The Morgan fingerprint density at radius 2 is 2.00 bits per heavy atom. The van der Waals surface area contributed by atoms with Crippen molar-refractivity contribution >= 4 is 22.9 Å². The van der Waals surface area contributed by atoms with Crippen LogP contribution in [-0.2, 0) is 11.3 Å². The minimum absolute atomic E-state index is 0.0105. The Balaban J connectivity index is 1.52. The second-order valence-electron chi connectivity index (χ2n) is 8.87. The summed E-state index contributed by atoms with van der Waals surface area (Å²) in [5.74, 6) is 0.416. The molecule has 2 aromatic rings. The van der Waals surface area contributed by atoms with Crippen molar-refractivity contribution < 1.29 is 4.79 Å². The molecule has 33 heavy (non-hydrogen) atoms. The van der Waals surface area contributed by atoms with Crippen molar-refractivity contribution in [1.29, 1.82) is 0 Å². The molecule has 1 saturated heterocycles. The topological polar surface area (TPSA) is 86.6 Å². The van der Waals surface area contributed by atoms with Crippen LogP contribution in [0, 0.1) is 0 Å². The van der Waals surface area contributed by atoms with Gasteiger partial charge in [0, 0.05) is 70.7 Å². The first-order valence-corrected chi connectivity index (χ1v) is 11.2. The summed E-state index contributed by atoms with van der Waals surface area (Å²) in [6, 6.07) is 3.31. The summed E-state index contributed by atoms with van der Waals surface area (Å²) < 4.78 is 1.70. The summed E-state index contributed by atoms with van der Waals surface area (Å²) in [6.45, 7) is 11.0. The van der Waals surface area contributed by atoms with Gasteiger partial charge in [0.25, 0.3) is 5.56 Å². The molecule has 9 heteroatoms. The van der Waals surface area contributed by atoms with Crippen LogP contribution >= 0.6 is 0 Å². The summed E-state index contributed by atoms with van der Waals surface area (Å²) in [7, 11) is 3.84.